The number of piperidine rings is 2. The SMILES string of the molecule is Cc1cc(OCCCN2CCCCC2)c2cc3c(OCCCN4CCCCC4)cc(C)nc3c(C)c2n1. The number of aryl methyl sites for hydroxylation is 3. The molecular weight excluding hydrogens is 460 g/mol. The third-order valence-corrected chi connectivity index (χ3v) is 7.95. The van der Waals surface area contributed by atoms with Crippen LogP contribution < -0.4 is 9.47 Å². The average Bonchev–Trinajstić information content (AvgIpc) is 2.91. The Labute approximate surface area is 222 Å². The summed E-state index contributed by atoms with van der Waals surface area (Å²) in [7, 11) is 0. The molecule has 37 heavy (non-hydrogen) atoms. The van der Waals surface area contributed by atoms with Crippen LogP contribution in [0.3, 0.4) is 0 Å². The summed E-state index contributed by atoms with van der Waals surface area (Å²) in [6, 6.07) is 6.35. The molecule has 0 unspecified atom stereocenters. The molecule has 0 bridgehead atoms. The molecule has 3 aromatic rings. The molecule has 2 fully saturated rings. The number of rotatable bonds is 10. The largest absolute Gasteiger partial charge is 0.493 e. The zero-order valence-electron chi connectivity index (χ0n) is 23.2. The van der Waals surface area contributed by atoms with Crippen molar-refractivity contribution in [3.8, 4) is 11.5 Å². The highest BCUT2D eigenvalue weighted by Gasteiger charge is 2.17. The van der Waals surface area contributed by atoms with Gasteiger partial charge in [-0.05, 0) is 91.5 Å². The number of likely N-dealkylation sites (tertiary alicyclic amines) is 2. The van der Waals surface area contributed by atoms with Crippen LogP contribution in [0, 0.1) is 20.8 Å². The van der Waals surface area contributed by atoms with Crippen LogP contribution in [0.4, 0.5) is 0 Å². The number of hydrogen-bond acceptors (Lipinski definition) is 6. The smallest absolute Gasteiger partial charge is 0.130 e. The minimum Gasteiger partial charge on any atom is -0.493 e. The second kappa shape index (κ2) is 12.4. The van der Waals surface area contributed by atoms with Gasteiger partial charge in [-0.15, -0.1) is 0 Å². The van der Waals surface area contributed by atoms with Gasteiger partial charge < -0.3 is 19.3 Å². The van der Waals surface area contributed by atoms with E-state index in [0.717, 1.165) is 89.4 Å². The summed E-state index contributed by atoms with van der Waals surface area (Å²) >= 11 is 0. The molecule has 0 aliphatic carbocycles. The fraction of sp³-hybridized carbons (Fsp3) is 0.613. The molecule has 5 rings (SSSR count). The van der Waals surface area contributed by atoms with Crippen LogP contribution in [0.15, 0.2) is 18.2 Å². The minimum absolute atomic E-state index is 0.720. The van der Waals surface area contributed by atoms with E-state index in [1.54, 1.807) is 0 Å². The number of benzene rings is 1. The fourth-order valence-electron chi connectivity index (χ4n) is 5.96. The summed E-state index contributed by atoms with van der Waals surface area (Å²) < 4.78 is 12.8. The molecule has 2 saturated heterocycles. The summed E-state index contributed by atoms with van der Waals surface area (Å²) in [5.74, 6) is 1.84. The first-order chi connectivity index (χ1) is 18.1. The highest BCUT2D eigenvalue weighted by molar-refractivity contribution is 6.03. The Morgan fingerprint density at radius 2 is 1.05 bits per heavy atom. The molecule has 4 heterocycles. The second-order valence-electron chi connectivity index (χ2n) is 11.0. The number of pyridine rings is 2. The highest BCUT2D eigenvalue weighted by atomic mass is 16.5. The van der Waals surface area contributed by atoms with Gasteiger partial charge >= 0.3 is 0 Å². The van der Waals surface area contributed by atoms with Gasteiger partial charge in [0.05, 0.1) is 24.2 Å². The molecule has 2 aromatic heterocycles. The fourth-order valence-corrected chi connectivity index (χ4v) is 5.96. The summed E-state index contributed by atoms with van der Waals surface area (Å²) in [6.07, 6.45) is 10.2. The molecule has 6 nitrogen and oxygen atoms in total. The van der Waals surface area contributed by atoms with Gasteiger partial charge in [0.15, 0.2) is 0 Å². The first-order valence-electron chi connectivity index (χ1n) is 14.5. The molecule has 2 aliphatic heterocycles. The Bertz CT molecular complexity index is 1110. The van der Waals surface area contributed by atoms with Crippen molar-refractivity contribution >= 4 is 21.8 Å². The maximum Gasteiger partial charge on any atom is 0.130 e. The third-order valence-electron chi connectivity index (χ3n) is 7.95. The number of aromatic nitrogens is 2. The summed E-state index contributed by atoms with van der Waals surface area (Å²) in [5, 5.41) is 2.11. The van der Waals surface area contributed by atoms with E-state index in [1.165, 1.54) is 64.7 Å². The van der Waals surface area contributed by atoms with Crippen molar-refractivity contribution < 1.29 is 9.47 Å². The van der Waals surface area contributed by atoms with Crippen molar-refractivity contribution in [3.63, 3.8) is 0 Å². The Balaban J connectivity index is 1.34. The Morgan fingerprint density at radius 3 is 1.49 bits per heavy atom. The number of fused-ring (bicyclic) bond motifs is 2. The van der Waals surface area contributed by atoms with E-state index in [2.05, 4.69) is 34.9 Å². The van der Waals surface area contributed by atoms with Crippen LogP contribution in [0.25, 0.3) is 21.8 Å². The maximum absolute atomic E-state index is 6.39. The summed E-state index contributed by atoms with van der Waals surface area (Å²) in [5.41, 5.74) is 5.00. The predicted molar refractivity (Wildman–Crippen MR) is 152 cm³/mol. The molecule has 0 atom stereocenters. The summed E-state index contributed by atoms with van der Waals surface area (Å²) in [4.78, 5) is 14.9. The van der Waals surface area contributed by atoms with Crippen LogP contribution in [0.2, 0.25) is 0 Å². The van der Waals surface area contributed by atoms with Crippen molar-refractivity contribution in [2.75, 3.05) is 52.5 Å². The molecule has 0 N–H and O–H groups in total. The molecular formula is C31H44N4O2. The van der Waals surface area contributed by atoms with E-state index in [4.69, 9.17) is 19.4 Å². The van der Waals surface area contributed by atoms with Crippen LogP contribution >= 0.6 is 0 Å². The number of nitrogens with zero attached hydrogens (tertiary/aromatic N) is 4. The monoisotopic (exact) mass is 504 g/mol. The predicted octanol–water partition coefficient (Wildman–Crippen LogP) is 6.22. The Kier molecular flexibility index (Phi) is 8.78. The average molecular weight is 505 g/mol. The van der Waals surface area contributed by atoms with Crippen LogP contribution in [-0.4, -0.2) is 72.3 Å². The zero-order chi connectivity index (χ0) is 25.6. The molecule has 0 spiro atoms. The zero-order valence-corrected chi connectivity index (χ0v) is 23.2. The highest BCUT2D eigenvalue weighted by Crippen LogP contribution is 2.36. The van der Waals surface area contributed by atoms with Crippen LogP contribution in [0.5, 0.6) is 11.5 Å². The van der Waals surface area contributed by atoms with E-state index in [-0.39, 0.29) is 0 Å². The van der Waals surface area contributed by atoms with Crippen LogP contribution in [0.1, 0.15) is 68.3 Å². The Morgan fingerprint density at radius 1 is 0.622 bits per heavy atom. The van der Waals surface area contributed by atoms with Gasteiger partial charge in [0.2, 0.25) is 0 Å². The van der Waals surface area contributed by atoms with E-state index >= 15 is 0 Å². The van der Waals surface area contributed by atoms with Crippen LogP contribution in [-0.2, 0) is 0 Å². The lowest BCUT2D eigenvalue weighted by molar-refractivity contribution is 0.205. The van der Waals surface area contributed by atoms with Crippen molar-refractivity contribution in [3.05, 3.63) is 35.2 Å². The Hall–Kier alpha value is -2.44. The molecule has 2 aliphatic rings. The van der Waals surface area contributed by atoms with Gasteiger partial charge in [0.25, 0.3) is 0 Å². The van der Waals surface area contributed by atoms with Gasteiger partial charge in [-0.3, -0.25) is 9.97 Å². The van der Waals surface area contributed by atoms with Gasteiger partial charge in [0.1, 0.15) is 11.5 Å². The van der Waals surface area contributed by atoms with Gasteiger partial charge in [0, 0.05) is 52.9 Å². The van der Waals surface area contributed by atoms with Crippen molar-refractivity contribution in [2.45, 2.75) is 72.1 Å². The van der Waals surface area contributed by atoms with Gasteiger partial charge in [-0.25, -0.2) is 0 Å². The molecule has 0 radical (unpaired) electrons. The number of ether oxygens (including phenoxy) is 2. The lowest BCUT2D eigenvalue weighted by Crippen LogP contribution is -2.31. The van der Waals surface area contributed by atoms with Gasteiger partial charge in [-0.1, -0.05) is 12.8 Å². The quantitative estimate of drug-likeness (QED) is 0.241. The molecule has 0 amide bonds. The lowest BCUT2D eigenvalue weighted by atomic mass is 10.0. The lowest BCUT2D eigenvalue weighted by Gasteiger charge is -2.26. The first kappa shape index (κ1) is 26.2. The third kappa shape index (κ3) is 6.53. The van der Waals surface area contributed by atoms with E-state index in [0.29, 0.717) is 0 Å². The van der Waals surface area contributed by atoms with Crippen molar-refractivity contribution in [1.29, 1.82) is 0 Å². The topological polar surface area (TPSA) is 50.7 Å². The molecule has 1 aromatic carbocycles. The normalized spacial score (nSPS) is 17.5. The number of hydrogen-bond donors (Lipinski definition) is 0. The molecule has 0 saturated carbocycles. The van der Waals surface area contributed by atoms with E-state index in [1.807, 2.05) is 13.8 Å². The minimum atomic E-state index is 0.720. The van der Waals surface area contributed by atoms with Crippen molar-refractivity contribution in [1.82, 2.24) is 19.8 Å². The molecule has 6 heteroatoms. The molecule has 200 valence electrons. The van der Waals surface area contributed by atoms with Gasteiger partial charge in [-0.2, -0.15) is 0 Å². The van der Waals surface area contributed by atoms with Crippen molar-refractivity contribution in [2.24, 2.45) is 0 Å². The first-order valence-corrected chi connectivity index (χ1v) is 14.5. The maximum atomic E-state index is 6.39. The second-order valence-corrected chi connectivity index (χ2v) is 11.0. The van der Waals surface area contributed by atoms with E-state index < -0.39 is 0 Å². The summed E-state index contributed by atoms with van der Waals surface area (Å²) in [6.45, 7) is 14.8. The standard InChI is InChI=1S/C31H44N4O2/c1-23-20-28(36-18-10-16-34-12-6-4-7-13-34)26-22-27-29(37-19-11-17-35-14-8-5-9-15-35)21-24(2)33-31(27)25(3)30(26)32-23/h20-22H,4-19H2,1-3H3. The van der Waals surface area contributed by atoms with E-state index in [9.17, 15) is 0 Å².